The maximum absolute atomic E-state index is 16.9. The maximum Gasteiger partial charge on any atom is 0.305 e. The van der Waals surface area contributed by atoms with E-state index in [4.69, 9.17) is 0 Å². The molecule has 2 heterocycles. The number of nitrogens with one attached hydrogen (secondary N) is 1. The molecule has 1 unspecified atom stereocenters. The molecule has 0 bridgehead atoms. The van der Waals surface area contributed by atoms with Crippen LogP contribution >= 0.6 is 0 Å². The minimum Gasteiger partial charge on any atom is -0.481 e. The van der Waals surface area contributed by atoms with E-state index in [1.807, 2.05) is 51.7 Å². The van der Waals surface area contributed by atoms with E-state index in [1.54, 1.807) is 19.1 Å². The number of halogens is 3. The van der Waals surface area contributed by atoms with Crippen LogP contribution in [0.3, 0.4) is 0 Å². The van der Waals surface area contributed by atoms with E-state index >= 15 is 8.78 Å². The lowest BCUT2D eigenvalue weighted by Gasteiger charge is -2.34. The second kappa shape index (κ2) is 15.2. The Balaban J connectivity index is 1.59. The number of benzene rings is 2. The average Bonchev–Trinajstić information content (AvgIpc) is 3.82. The number of likely N-dealkylation sites (tertiary alicyclic amines) is 1. The Morgan fingerprint density at radius 1 is 1.02 bits per heavy atom. The molecule has 5 rings (SSSR count). The van der Waals surface area contributed by atoms with Crippen LogP contribution in [-0.2, 0) is 16.0 Å². The SMILES string of the molecule is Cc1cc(C)c(-c2cc(C3CC3)c(F)c([C@H](CC(=O)O)NC(=O)[C@H](C([SiH3])CC(C)C)n3nc(CCN4CC(F)C4)cc(C)c3=O)c2F)c(C)c1. The Bertz CT molecular complexity index is 1810. The molecule has 50 heavy (non-hydrogen) atoms. The third-order valence-electron chi connectivity index (χ3n) is 9.95. The molecule has 3 atom stereocenters. The first-order chi connectivity index (χ1) is 23.5. The molecule has 2 fully saturated rings. The van der Waals surface area contributed by atoms with Crippen LogP contribution in [0.15, 0.2) is 29.1 Å². The Labute approximate surface area is 294 Å². The fourth-order valence-electron chi connectivity index (χ4n) is 7.58. The molecule has 1 amide bonds. The van der Waals surface area contributed by atoms with Gasteiger partial charge in [0.1, 0.15) is 23.8 Å². The Morgan fingerprint density at radius 3 is 2.22 bits per heavy atom. The van der Waals surface area contributed by atoms with Gasteiger partial charge in [-0.1, -0.05) is 31.5 Å². The zero-order chi connectivity index (χ0) is 36.6. The highest BCUT2D eigenvalue weighted by atomic mass is 28.1. The highest BCUT2D eigenvalue weighted by Crippen LogP contribution is 2.46. The first-order valence-corrected chi connectivity index (χ1v) is 18.8. The van der Waals surface area contributed by atoms with Gasteiger partial charge in [-0.2, -0.15) is 5.10 Å². The summed E-state index contributed by atoms with van der Waals surface area (Å²) in [4.78, 5) is 42.3. The highest BCUT2D eigenvalue weighted by molar-refractivity contribution is 6.14. The molecule has 2 aliphatic rings. The van der Waals surface area contributed by atoms with Gasteiger partial charge < -0.3 is 10.4 Å². The predicted molar refractivity (Wildman–Crippen MR) is 192 cm³/mol. The normalized spacial score (nSPS) is 17.1. The van der Waals surface area contributed by atoms with Crippen molar-refractivity contribution < 1.29 is 27.9 Å². The van der Waals surface area contributed by atoms with Gasteiger partial charge in [-0.3, -0.25) is 19.3 Å². The van der Waals surface area contributed by atoms with Gasteiger partial charge in [-0.15, -0.1) is 0 Å². The van der Waals surface area contributed by atoms with Crippen LogP contribution in [0.1, 0.15) is 96.6 Å². The van der Waals surface area contributed by atoms with E-state index in [1.165, 1.54) is 4.68 Å². The van der Waals surface area contributed by atoms with Crippen LogP contribution in [-0.4, -0.2) is 67.7 Å². The molecule has 12 heteroatoms. The van der Waals surface area contributed by atoms with Crippen molar-refractivity contribution >= 4 is 22.1 Å². The summed E-state index contributed by atoms with van der Waals surface area (Å²) in [5.41, 5.74) is 3.33. The van der Waals surface area contributed by atoms with Gasteiger partial charge in [-0.25, -0.2) is 17.9 Å². The number of aromatic nitrogens is 2. The zero-order valence-corrected chi connectivity index (χ0v) is 32.1. The number of carboxylic acid groups (broad SMARTS) is 1. The number of hydrogen-bond acceptors (Lipinski definition) is 5. The number of rotatable bonds is 14. The summed E-state index contributed by atoms with van der Waals surface area (Å²) in [5, 5.41) is 17.3. The van der Waals surface area contributed by atoms with Gasteiger partial charge in [0.05, 0.1) is 18.2 Å². The van der Waals surface area contributed by atoms with Gasteiger partial charge in [-0.05, 0) is 98.7 Å². The second-order valence-corrected chi connectivity index (χ2v) is 16.5. The number of amides is 1. The summed E-state index contributed by atoms with van der Waals surface area (Å²) in [6, 6.07) is 4.36. The second-order valence-electron chi connectivity index (χ2n) is 15.0. The maximum atomic E-state index is 16.9. The molecule has 1 aliphatic carbocycles. The molecule has 1 aromatic heterocycles. The molecule has 1 saturated heterocycles. The van der Waals surface area contributed by atoms with Crippen LogP contribution in [0.5, 0.6) is 0 Å². The zero-order valence-electron chi connectivity index (χ0n) is 30.1. The quantitative estimate of drug-likeness (QED) is 0.212. The van der Waals surface area contributed by atoms with Crippen molar-refractivity contribution in [2.45, 2.75) is 103 Å². The molecule has 1 aliphatic heterocycles. The lowest BCUT2D eigenvalue weighted by Crippen LogP contribution is -2.49. The molecule has 0 radical (unpaired) electrons. The van der Waals surface area contributed by atoms with E-state index in [2.05, 4.69) is 10.4 Å². The number of carbonyl (C=O) groups excluding carboxylic acids is 1. The summed E-state index contributed by atoms with van der Waals surface area (Å²) in [7, 11) is 0.477. The molecule has 3 aromatic rings. The molecule has 270 valence electrons. The van der Waals surface area contributed by atoms with Crippen LogP contribution in [0.2, 0.25) is 5.54 Å². The van der Waals surface area contributed by atoms with Gasteiger partial charge in [0.25, 0.3) is 5.56 Å². The van der Waals surface area contributed by atoms with Crippen LogP contribution in [0.4, 0.5) is 13.2 Å². The number of hydrogen-bond donors (Lipinski definition) is 2. The number of aryl methyl sites for hydroxylation is 4. The topological polar surface area (TPSA) is 105 Å². The van der Waals surface area contributed by atoms with Crippen molar-refractivity contribution in [1.82, 2.24) is 20.0 Å². The first-order valence-electron chi connectivity index (χ1n) is 17.6. The first kappa shape index (κ1) is 37.5. The standard InChI is InChI=1S/C38H49F3N4O4Si/c1-19(2)11-30(50)36(45-38(49)23(6)14-26(43-45)9-10-44-17-25(39)18-44)37(48)42-29(16-31(46)47)33-34(40)27(24-7-8-24)15-28(35(33)41)32-21(4)12-20(3)13-22(32)5/h12-15,19,24-25,29-30,36H,7-11,16-18H2,1-6,50H3,(H,42,48)(H,46,47)/t29-,30?,36-/m0/s1. The summed E-state index contributed by atoms with van der Waals surface area (Å²) in [6.45, 7) is 12.5. The lowest BCUT2D eigenvalue weighted by molar-refractivity contribution is -0.138. The van der Waals surface area contributed by atoms with Crippen molar-refractivity contribution in [1.29, 1.82) is 0 Å². The van der Waals surface area contributed by atoms with Crippen molar-refractivity contribution in [2.24, 2.45) is 5.92 Å². The van der Waals surface area contributed by atoms with E-state index in [-0.39, 0.29) is 22.9 Å². The number of alkyl halides is 1. The van der Waals surface area contributed by atoms with Crippen molar-refractivity contribution in [3.05, 3.63) is 85.3 Å². The average molecular weight is 711 g/mol. The van der Waals surface area contributed by atoms with E-state index in [0.29, 0.717) is 65.1 Å². The van der Waals surface area contributed by atoms with E-state index in [0.717, 1.165) is 29.5 Å². The summed E-state index contributed by atoms with van der Waals surface area (Å²) in [5.74, 6) is -3.79. The fourth-order valence-corrected chi connectivity index (χ4v) is 9.11. The fraction of sp³-hybridized carbons (Fsp3) is 0.526. The third-order valence-corrected chi connectivity index (χ3v) is 11.0. The monoisotopic (exact) mass is 710 g/mol. The summed E-state index contributed by atoms with van der Waals surface area (Å²) >= 11 is 0. The Morgan fingerprint density at radius 2 is 1.66 bits per heavy atom. The van der Waals surface area contributed by atoms with E-state index in [9.17, 15) is 23.9 Å². The molecular formula is C38H49F3N4O4Si. The van der Waals surface area contributed by atoms with Gasteiger partial charge >= 0.3 is 5.97 Å². The van der Waals surface area contributed by atoms with Crippen molar-refractivity contribution in [3.63, 3.8) is 0 Å². The van der Waals surface area contributed by atoms with Crippen LogP contribution < -0.4 is 10.9 Å². The molecule has 0 spiro atoms. The van der Waals surface area contributed by atoms with Crippen LogP contribution in [0.25, 0.3) is 11.1 Å². The minimum absolute atomic E-state index is 0.134. The molecule has 8 nitrogen and oxygen atoms in total. The highest BCUT2D eigenvalue weighted by Gasteiger charge is 2.37. The molecule has 1 saturated carbocycles. The minimum atomic E-state index is -1.56. The lowest BCUT2D eigenvalue weighted by atomic mass is 9.87. The summed E-state index contributed by atoms with van der Waals surface area (Å²) < 4.78 is 47.9. The van der Waals surface area contributed by atoms with Gasteiger partial charge in [0, 0.05) is 53.0 Å². The Hall–Kier alpha value is -3.77. The number of carbonyl (C=O) groups is 2. The van der Waals surface area contributed by atoms with Gasteiger partial charge in [0.15, 0.2) is 0 Å². The predicted octanol–water partition coefficient (Wildman–Crippen LogP) is 5.57. The summed E-state index contributed by atoms with van der Waals surface area (Å²) in [6.07, 6.45) is 0.831. The number of carboxylic acids is 1. The van der Waals surface area contributed by atoms with Crippen LogP contribution in [0, 0.1) is 45.2 Å². The number of nitrogens with zero attached hydrogens (tertiary/aromatic N) is 3. The van der Waals surface area contributed by atoms with E-state index < -0.39 is 59.3 Å². The number of aliphatic carboxylic acids is 1. The Kier molecular flexibility index (Phi) is 11.4. The molecule has 2 aromatic carbocycles. The van der Waals surface area contributed by atoms with Crippen molar-refractivity contribution in [3.8, 4) is 11.1 Å². The molecular weight excluding hydrogens is 662 g/mol. The van der Waals surface area contributed by atoms with Crippen molar-refractivity contribution in [2.75, 3.05) is 19.6 Å². The third kappa shape index (κ3) is 8.23. The largest absolute Gasteiger partial charge is 0.481 e. The smallest absolute Gasteiger partial charge is 0.305 e. The molecule has 2 N–H and O–H groups in total. The van der Waals surface area contributed by atoms with Gasteiger partial charge in [0.2, 0.25) is 5.91 Å².